The van der Waals surface area contributed by atoms with E-state index in [0.29, 0.717) is 24.0 Å². The second-order valence-corrected chi connectivity index (χ2v) is 5.47. The molecule has 2 aromatic rings. The Hall–Kier alpha value is -2.16. The molecular formula is C18H22O3. The lowest BCUT2D eigenvalue weighted by Gasteiger charge is -2.12. The Morgan fingerprint density at radius 2 is 1.71 bits per heavy atom. The van der Waals surface area contributed by atoms with Crippen molar-refractivity contribution in [3.8, 4) is 17.2 Å². The molecule has 2 N–H and O–H groups in total. The van der Waals surface area contributed by atoms with Crippen LogP contribution in [0.5, 0.6) is 17.2 Å². The first-order chi connectivity index (χ1) is 10.1. The molecule has 0 saturated carbocycles. The first-order valence-corrected chi connectivity index (χ1v) is 7.33. The van der Waals surface area contributed by atoms with Crippen LogP contribution in [0.15, 0.2) is 48.5 Å². The lowest BCUT2D eigenvalue weighted by molar-refractivity contribution is 0.293. The third kappa shape index (κ3) is 5.38. The van der Waals surface area contributed by atoms with Crippen LogP contribution in [0.1, 0.15) is 25.3 Å². The van der Waals surface area contributed by atoms with Gasteiger partial charge < -0.3 is 14.9 Å². The van der Waals surface area contributed by atoms with Crippen molar-refractivity contribution in [2.24, 2.45) is 5.92 Å². The average Bonchev–Trinajstić information content (AvgIpc) is 2.44. The van der Waals surface area contributed by atoms with E-state index in [0.717, 1.165) is 24.8 Å². The molecule has 0 radical (unpaired) electrons. The summed E-state index contributed by atoms with van der Waals surface area (Å²) in [7, 11) is 0. The normalized spacial score (nSPS) is 12.0. The number of rotatable bonds is 7. The molecular weight excluding hydrogens is 264 g/mol. The number of ether oxygens (including phenoxy) is 1. The highest BCUT2D eigenvalue weighted by Crippen LogP contribution is 2.20. The number of aromatic hydroxyl groups is 2. The predicted octanol–water partition coefficient (Wildman–Crippen LogP) is 4.14. The van der Waals surface area contributed by atoms with Gasteiger partial charge in [0.1, 0.15) is 17.2 Å². The molecule has 3 heteroatoms. The maximum atomic E-state index is 9.45. The summed E-state index contributed by atoms with van der Waals surface area (Å²) >= 11 is 0. The van der Waals surface area contributed by atoms with Crippen molar-refractivity contribution in [2.45, 2.75) is 26.2 Å². The number of hydrogen-bond acceptors (Lipinski definition) is 3. The van der Waals surface area contributed by atoms with E-state index in [2.05, 4.69) is 6.92 Å². The van der Waals surface area contributed by atoms with E-state index in [1.54, 1.807) is 24.3 Å². The summed E-state index contributed by atoms with van der Waals surface area (Å²) in [6, 6.07) is 14.3. The smallest absolute Gasteiger partial charge is 0.122 e. The molecule has 2 rings (SSSR count). The van der Waals surface area contributed by atoms with E-state index in [4.69, 9.17) is 4.74 Å². The van der Waals surface area contributed by atoms with E-state index in [1.807, 2.05) is 24.3 Å². The number of phenols is 2. The molecule has 0 saturated heterocycles. The van der Waals surface area contributed by atoms with Gasteiger partial charge in [0, 0.05) is 6.07 Å². The summed E-state index contributed by atoms with van der Waals surface area (Å²) in [5.74, 6) is 1.80. The first-order valence-electron chi connectivity index (χ1n) is 7.33. The molecule has 1 atom stereocenters. The summed E-state index contributed by atoms with van der Waals surface area (Å²) in [5.41, 5.74) is 1.16. The van der Waals surface area contributed by atoms with Crippen LogP contribution in [0.3, 0.4) is 0 Å². The maximum absolute atomic E-state index is 9.45. The molecule has 112 valence electrons. The average molecular weight is 286 g/mol. The highest BCUT2D eigenvalue weighted by atomic mass is 16.5. The van der Waals surface area contributed by atoms with Crippen LogP contribution < -0.4 is 4.74 Å². The third-order valence-corrected chi connectivity index (χ3v) is 3.42. The molecule has 0 fully saturated rings. The molecule has 0 amide bonds. The summed E-state index contributed by atoms with van der Waals surface area (Å²) in [5, 5.41) is 18.8. The van der Waals surface area contributed by atoms with E-state index >= 15 is 0 Å². The van der Waals surface area contributed by atoms with Crippen LogP contribution in [0.4, 0.5) is 0 Å². The number of hydrogen-bond donors (Lipinski definition) is 2. The number of phenolic OH excluding ortho intramolecular Hbond substituents is 2. The van der Waals surface area contributed by atoms with Gasteiger partial charge in [-0.3, -0.25) is 0 Å². The van der Waals surface area contributed by atoms with Gasteiger partial charge in [-0.2, -0.15) is 0 Å². The highest BCUT2D eigenvalue weighted by molar-refractivity contribution is 5.31. The minimum absolute atomic E-state index is 0.227. The molecule has 0 aliphatic heterocycles. The van der Waals surface area contributed by atoms with Gasteiger partial charge in [-0.15, -0.1) is 0 Å². The molecule has 3 nitrogen and oxygen atoms in total. The van der Waals surface area contributed by atoms with Crippen LogP contribution >= 0.6 is 0 Å². The van der Waals surface area contributed by atoms with Crippen LogP contribution in [0.2, 0.25) is 0 Å². The zero-order chi connectivity index (χ0) is 15.1. The van der Waals surface area contributed by atoms with Crippen molar-refractivity contribution in [1.82, 2.24) is 0 Å². The second kappa shape index (κ2) is 7.58. The quantitative estimate of drug-likeness (QED) is 0.752. The molecule has 0 aliphatic rings. The first kappa shape index (κ1) is 15.2. The fourth-order valence-electron chi connectivity index (χ4n) is 2.38. The number of benzene rings is 2. The molecule has 0 spiro atoms. The lowest BCUT2D eigenvalue weighted by Crippen LogP contribution is -2.04. The van der Waals surface area contributed by atoms with E-state index in [-0.39, 0.29) is 5.75 Å². The molecule has 0 bridgehead atoms. The van der Waals surface area contributed by atoms with Gasteiger partial charge in [0.2, 0.25) is 0 Å². The maximum Gasteiger partial charge on any atom is 0.122 e. The molecule has 0 aromatic heterocycles. The Morgan fingerprint density at radius 1 is 1.00 bits per heavy atom. The Kier molecular flexibility index (Phi) is 5.50. The molecule has 21 heavy (non-hydrogen) atoms. The Bertz CT molecular complexity index is 566. The van der Waals surface area contributed by atoms with Crippen LogP contribution in [-0.4, -0.2) is 16.8 Å². The van der Waals surface area contributed by atoms with Gasteiger partial charge in [0.05, 0.1) is 6.61 Å². The zero-order valence-corrected chi connectivity index (χ0v) is 12.3. The Morgan fingerprint density at radius 3 is 2.43 bits per heavy atom. The topological polar surface area (TPSA) is 49.7 Å². The molecule has 1 unspecified atom stereocenters. The van der Waals surface area contributed by atoms with Gasteiger partial charge in [-0.1, -0.05) is 25.1 Å². The highest BCUT2D eigenvalue weighted by Gasteiger charge is 2.05. The molecule has 0 heterocycles. The second-order valence-electron chi connectivity index (χ2n) is 5.47. The van der Waals surface area contributed by atoms with Crippen molar-refractivity contribution in [3.05, 3.63) is 54.1 Å². The van der Waals surface area contributed by atoms with E-state index < -0.39 is 0 Å². The largest absolute Gasteiger partial charge is 0.508 e. The van der Waals surface area contributed by atoms with Gasteiger partial charge in [-0.05, 0) is 55.0 Å². The van der Waals surface area contributed by atoms with E-state index in [9.17, 15) is 10.2 Å². The van der Waals surface area contributed by atoms with Gasteiger partial charge in [0.25, 0.3) is 0 Å². The zero-order valence-electron chi connectivity index (χ0n) is 12.3. The van der Waals surface area contributed by atoms with Gasteiger partial charge in [0.15, 0.2) is 0 Å². The van der Waals surface area contributed by atoms with Crippen LogP contribution in [-0.2, 0) is 6.42 Å². The lowest BCUT2D eigenvalue weighted by atomic mass is 9.97. The predicted molar refractivity (Wildman–Crippen MR) is 83.8 cm³/mol. The SMILES string of the molecule is CC(CCCOc1cccc(O)c1)Cc1cccc(O)c1. The minimum Gasteiger partial charge on any atom is -0.508 e. The molecule has 2 aromatic carbocycles. The standard InChI is InChI=1S/C18H22O3/c1-14(11-15-6-2-7-16(19)12-15)5-4-10-21-18-9-3-8-17(20)13-18/h2-3,6-9,12-14,19-20H,4-5,10-11H2,1H3. The van der Waals surface area contributed by atoms with Crippen molar-refractivity contribution in [3.63, 3.8) is 0 Å². The van der Waals surface area contributed by atoms with Crippen molar-refractivity contribution >= 4 is 0 Å². The molecule has 0 aliphatic carbocycles. The summed E-state index contributed by atoms with van der Waals surface area (Å²) in [4.78, 5) is 0. The van der Waals surface area contributed by atoms with Gasteiger partial charge in [-0.25, -0.2) is 0 Å². The van der Waals surface area contributed by atoms with Crippen molar-refractivity contribution in [1.29, 1.82) is 0 Å². The van der Waals surface area contributed by atoms with Crippen molar-refractivity contribution in [2.75, 3.05) is 6.61 Å². The fourth-order valence-corrected chi connectivity index (χ4v) is 2.38. The van der Waals surface area contributed by atoms with E-state index in [1.165, 1.54) is 0 Å². The minimum atomic E-state index is 0.227. The fraction of sp³-hybridized carbons (Fsp3) is 0.333. The summed E-state index contributed by atoms with van der Waals surface area (Å²) in [6.07, 6.45) is 2.99. The van der Waals surface area contributed by atoms with Crippen LogP contribution in [0, 0.1) is 5.92 Å². The summed E-state index contributed by atoms with van der Waals surface area (Å²) in [6.45, 7) is 2.85. The third-order valence-electron chi connectivity index (χ3n) is 3.42. The van der Waals surface area contributed by atoms with Crippen molar-refractivity contribution < 1.29 is 14.9 Å². The van der Waals surface area contributed by atoms with Gasteiger partial charge >= 0.3 is 0 Å². The Labute approximate surface area is 125 Å². The van der Waals surface area contributed by atoms with Crippen LogP contribution in [0.25, 0.3) is 0 Å². The Balaban J connectivity index is 1.68. The summed E-state index contributed by atoms with van der Waals surface area (Å²) < 4.78 is 5.61. The monoisotopic (exact) mass is 286 g/mol.